The van der Waals surface area contributed by atoms with Crippen LogP contribution >= 0.6 is 0 Å². The third-order valence-electron chi connectivity index (χ3n) is 4.51. The third-order valence-corrected chi connectivity index (χ3v) is 6.43. The minimum absolute atomic E-state index is 0.119. The lowest BCUT2D eigenvalue weighted by Crippen LogP contribution is -2.47. The molecule has 0 aliphatic carbocycles. The van der Waals surface area contributed by atoms with E-state index in [0.29, 0.717) is 12.8 Å². The van der Waals surface area contributed by atoms with Gasteiger partial charge in [-0.1, -0.05) is 48.5 Å². The Bertz CT molecular complexity index is 916. The number of hydrogen-bond donors (Lipinski definition) is 1. The fraction of sp³-hybridized carbons (Fsp3) is 0.300. The summed E-state index contributed by atoms with van der Waals surface area (Å²) < 4.78 is 31.9. The summed E-state index contributed by atoms with van der Waals surface area (Å²) in [4.78, 5) is 24.5. The Hall–Kier alpha value is -2.71. The van der Waals surface area contributed by atoms with Gasteiger partial charge in [-0.2, -0.15) is 4.31 Å². The summed E-state index contributed by atoms with van der Waals surface area (Å²) in [7, 11) is -3.76. The number of carbonyl (C=O) groups is 2. The van der Waals surface area contributed by atoms with E-state index in [-0.39, 0.29) is 24.6 Å². The second-order valence-electron chi connectivity index (χ2n) is 6.45. The van der Waals surface area contributed by atoms with Gasteiger partial charge in [0.2, 0.25) is 15.9 Å². The lowest BCUT2D eigenvalue weighted by atomic mass is 10.2. The number of nitrogens with one attached hydrogen (secondary N) is 1. The zero-order chi connectivity index (χ0) is 20.0. The van der Waals surface area contributed by atoms with E-state index in [1.165, 1.54) is 16.4 Å². The van der Waals surface area contributed by atoms with Gasteiger partial charge in [-0.15, -0.1) is 0 Å². The number of carbonyl (C=O) groups excluding carboxylic acids is 2. The van der Waals surface area contributed by atoms with Crippen molar-refractivity contribution in [2.24, 2.45) is 0 Å². The molecule has 7 nitrogen and oxygen atoms in total. The second kappa shape index (κ2) is 8.99. The molecule has 2 aromatic carbocycles. The van der Waals surface area contributed by atoms with Crippen molar-refractivity contribution in [2.45, 2.75) is 30.4 Å². The number of nitrogens with zero attached hydrogens (tertiary/aromatic N) is 1. The number of amides is 1. The van der Waals surface area contributed by atoms with E-state index in [9.17, 15) is 18.0 Å². The van der Waals surface area contributed by atoms with Gasteiger partial charge in [0.15, 0.2) is 0 Å². The van der Waals surface area contributed by atoms with Crippen LogP contribution in [0.4, 0.5) is 0 Å². The lowest BCUT2D eigenvalue weighted by molar-refractivity contribution is -0.145. The van der Waals surface area contributed by atoms with Crippen LogP contribution in [0.15, 0.2) is 65.6 Å². The average molecular weight is 402 g/mol. The van der Waals surface area contributed by atoms with Crippen LogP contribution in [0, 0.1) is 0 Å². The predicted octanol–water partition coefficient (Wildman–Crippen LogP) is 1.70. The molecule has 1 aliphatic heterocycles. The molecule has 3 rings (SSSR count). The molecular weight excluding hydrogens is 380 g/mol. The van der Waals surface area contributed by atoms with Crippen LogP contribution in [-0.4, -0.2) is 43.7 Å². The van der Waals surface area contributed by atoms with Crippen molar-refractivity contribution in [3.05, 3.63) is 66.2 Å². The fourth-order valence-electron chi connectivity index (χ4n) is 3.08. The fourth-order valence-corrected chi connectivity index (χ4v) is 4.76. The predicted molar refractivity (Wildman–Crippen MR) is 103 cm³/mol. The molecule has 0 aromatic heterocycles. The highest BCUT2D eigenvalue weighted by atomic mass is 32.2. The van der Waals surface area contributed by atoms with Gasteiger partial charge >= 0.3 is 5.97 Å². The quantitative estimate of drug-likeness (QED) is 0.712. The second-order valence-corrected chi connectivity index (χ2v) is 8.34. The zero-order valence-corrected chi connectivity index (χ0v) is 16.1. The van der Waals surface area contributed by atoms with E-state index < -0.39 is 27.9 Å². The van der Waals surface area contributed by atoms with E-state index in [1.54, 1.807) is 18.2 Å². The summed E-state index contributed by atoms with van der Waals surface area (Å²) in [5.74, 6) is -1.07. The molecule has 1 aliphatic rings. The maximum atomic E-state index is 12.8. The van der Waals surface area contributed by atoms with E-state index in [1.807, 2.05) is 30.3 Å². The first-order valence-corrected chi connectivity index (χ1v) is 10.5. The van der Waals surface area contributed by atoms with E-state index in [0.717, 1.165) is 5.56 Å². The lowest BCUT2D eigenvalue weighted by Gasteiger charge is -2.23. The minimum atomic E-state index is -3.76. The topological polar surface area (TPSA) is 92.8 Å². The molecule has 148 valence electrons. The van der Waals surface area contributed by atoms with Crippen LogP contribution in [-0.2, 0) is 31.0 Å². The van der Waals surface area contributed by atoms with Gasteiger partial charge in [0.1, 0.15) is 19.2 Å². The van der Waals surface area contributed by atoms with Crippen molar-refractivity contribution < 1.29 is 22.7 Å². The SMILES string of the molecule is O=C(CNC(=O)C1CCCN1S(=O)(=O)c1ccccc1)OCc1ccccc1. The highest BCUT2D eigenvalue weighted by molar-refractivity contribution is 7.89. The molecule has 1 N–H and O–H groups in total. The first-order valence-electron chi connectivity index (χ1n) is 9.02. The maximum absolute atomic E-state index is 12.8. The highest BCUT2D eigenvalue weighted by Crippen LogP contribution is 2.26. The standard InChI is InChI=1S/C20H22N2O5S/c23-19(27-15-16-8-3-1-4-9-16)14-21-20(24)18-12-7-13-22(18)28(25,26)17-10-5-2-6-11-17/h1-6,8-11,18H,7,12-15H2,(H,21,24). The van der Waals surface area contributed by atoms with Gasteiger partial charge in [-0.05, 0) is 30.5 Å². The Morgan fingerprint density at radius 1 is 1.04 bits per heavy atom. The molecule has 1 saturated heterocycles. The largest absolute Gasteiger partial charge is 0.460 e. The average Bonchev–Trinajstić information content (AvgIpc) is 3.23. The zero-order valence-electron chi connectivity index (χ0n) is 15.3. The van der Waals surface area contributed by atoms with Gasteiger partial charge < -0.3 is 10.1 Å². The van der Waals surface area contributed by atoms with E-state index >= 15 is 0 Å². The molecule has 1 atom stereocenters. The van der Waals surface area contributed by atoms with Crippen LogP contribution in [0.1, 0.15) is 18.4 Å². The summed E-state index contributed by atoms with van der Waals surface area (Å²) in [6.45, 7) is 0.0860. The van der Waals surface area contributed by atoms with E-state index in [2.05, 4.69) is 5.32 Å². The minimum Gasteiger partial charge on any atom is -0.460 e. The summed E-state index contributed by atoms with van der Waals surface area (Å²) in [5, 5.41) is 2.49. The number of benzene rings is 2. The van der Waals surface area contributed by atoms with Crippen LogP contribution in [0.2, 0.25) is 0 Å². The molecule has 1 unspecified atom stereocenters. The van der Waals surface area contributed by atoms with Gasteiger partial charge in [-0.25, -0.2) is 8.42 Å². The molecule has 0 bridgehead atoms. The number of rotatable bonds is 7. The van der Waals surface area contributed by atoms with Gasteiger partial charge in [0.05, 0.1) is 4.90 Å². The van der Waals surface area contributed by atoms with Crippen molar-refractivity contribution in [3.8, 4) is 0 Å². The molecule has 2 aromatic rings. The Balaban J connectivity index is 1.55. The Kier molecular flexibility index (Phi) is 6.43. The van der Waals surface area contributed by atoms with Crippen LogP contribution in [0.3, 0.4) is 0 Å². The van der Waals surface area contributed by atoms with Gasteiger partial charge in [0.25, 0.3) is 0 Å². The normalized spacial score (nSPS) is 17.2. The first kappa shape index (κ1) is 20.0. The summed E-state index contributed by atoms with van der Waals surface area (Å²) in [5.41, 5.74) is 0.845. The monoisotopic (exact) mass is 402 g/mol. The molecule has 8 heteroatoms. The van der Waals surface area contributed by atoms with Crippen molar-refractivity contribution in [3.63, 3.8) is 0 Å². The molecule has 0 spiro atoms. The van der Waals surface area contributed by atoms with Crippen molar-refractivity contribution in [1.82, 2.24) is 9.62 Å². The summed E-state index contributed by atoms with van der Waals surface area (Å²) in [6, 6.07) is 16.4. The maximum Gasteiger partial charge on any atom is 0.325 e. The number of esters is 1. The highest BCUT2D eigenvalue weighted by Gasteiger charge is 2.39. The Morgan fingerprint density at radius 2 is 1.68 bits per heavy atom. The summed E-state index contributed by atoms with van der Waals surface area (Å²) in [6.07, 6.45) is 1.000. The van der Waals surface area contributed by atoms with Crippen molar-refractivity contribution >= 4 is 21.9 Å². The molecule has 1 heterocycles. The van der Waals surface area contributed by atoms with Crippen molar-refractivity contribution in [2.75, 3.05) is 13.1 Å². The number of sulfonamides is 1. The van der Waals surface area contributed by atoms with Crippen LogP contribution < -0.4 is 5.32 Å². The number of hydrogen-bond acceptors (Lipinski definition) is 5. The van der Waals surface area contributed by atoms with Gasteiger partial charge in [-0.3, -0.25) is 9.59 Å². The first-order chi connectivity index (χ1) is 13.5. The number of ether oxygens (including phenoxy) is 1. The van der Waals surface area contributed by atoms with Crippen molar-refractivity contribution in [1.29, 1.82) is 0 Å². The molecule has 28 heavy (non-hydrogen) atoms. The van der Waals surface area contributed by atoms with E-state index in [4.69, 9.17) is 4.74 Å². The van der Waals surface area contributed by atoms with Gasteiger partial charge in [0, 0.05) is 6.54 Å². The van der Waals surface area contributed by atoms with Crippen LogP contribution in [0.25, 0.3) is 0 Å². The van der Waals surface area contributed by atoms with Crippen LogP contribution in [0.5, 0.6) is 0 Å². The molecular formula is C20H22N2O5S. The molecule has 1 fully saturated rings. The molecule has 1 amide bonds. The Labute approximate surface area is 164 Å². The third kappa shape index (κ3) is 4.76. The smallest absolute Gasteiger partial charge is 0.325 e. The molecule has 0 saturated carbocycles. The summed E-state index contributed by atoms with van der Waals surface area (Å²) >= 11 is 0. The molecule has 0 radical (unpaired) electrons. The Morgan fingerprint density at radius 3 is 2.36 bits per heavy atom.